The molecule has 2 aliphatic rings. The van der Waals surface area contributed by atoms with E-state index in [1.807, 2.05) is 11.0 Å². The number of nitrogens with zero attached hydrogens (tertiary/aromatic N) is 2. The molecule has 2 heterocycles. The lowest BCUT2D eigenvalue weighted by Gasteiger charge is -2.29. The summed E-state index contributed by atoms with van der Waals surface area (Å²) in [7, 11) is 2.98. The minimum absolute atomic E-state index is 0.261. The van der Waals surface area contributed by atoms with E-state index < -0.39 is 18.0 Å². The number of carbonyl (C=O) groups excluding carboxylic acids is 4. The summed E-state index contributed by atoms with van der Waals surface area (Å²) >= 11 is 0. The van der Waals surface area contributed by atoms with Crippen molar-refractivity contribution in [2.24, 2.45) is 0 Å². The molecular weight excluding hydrogens is 412 g/mol. The van der Waals surface area contributed by atoms with Gasteiger partial charge >= 0.3 is 6.03 Å². The number of rotatable bonds is 4. The Morgan fingerprint density at radius 3 is 2.56 bits per heavy atom. The van der Waals surface area contributed by atoms with Crippen molar-refractivity contribution < 1.29 is 23.9 Å². The predicted octanol–water partition coefficient (Wildman–Crippen LogP) is 2.12. The summed E-state index contributed by atoms with van der Waals surface area (Å²) < 4.78 is 5.10. The van der Waals surface area contributed by atoms with Crippen LogP contribution in [-0.4, -0.2) is 53.8 Å². The summed E-state index contributed by atoms with van der Waals surface area (Å²) in [5.41, 5.74) is 2.69. The fraction of sp³-hybridized carbons (Fsp3) is 0.304. The third-order valence-corrected chi connectivity index (χ3v) is 5.84. The molecule has 0 saturated carbocycles. The molecule has 2 aromatic carbocycles. The number of methoxy groups -OCH3 is 1. The monoisotopic (exact) mass is 436 g/mol. The minimum Gasteiger partial charge on any atom is -0.497 e. The molecule has 2 N–H and O–H groups in total. The standard InChI is InChI=1S/C23H24N4O5/c1-26(23(31)24-15-6-8-16(32-2)9-7-15)22(30)17-5-3-4-14-12-27(13-18(14)17)19-10-11-20(28)25-21(19)29/h3-9,19H,10-13H2,1-2H3,(H,24,31)(H,25,28,29). The maximum absolute atomic E-state index is 13.1. The van der Waals surface area contributed by atoms with Gasteiger partial charge in [-0.3, -0.25) is 29.5 Å². The maximum Gasteiger partial charge on any atom is 0.328 e. The Morgan fingerprint density at radius 1 is 1.12 bits per heavy atom. The van der Waals surface area contributed by atoms with Crippen LogP contribution in [0, 0.1) is 0 Å². The van der Waals surface area contributed by atoms with Gasteiger partial charge in [-0.2, -0.15) is 0 Å². The van der Waals surface area contributed by atoms with Gasteiger partial charge in [-0.05, 0) is 47.9 Å². The highest BCUT2D eigenvalue weighted by Gasteiger charge is 2.36. The first kappa shape index (κ1) is 21.5. The second-order valence-corrected chi connectivity index (χ2v) is 7.84. The van der Waals surface area contributed by atoms with Gasteiger partial charge in [-0.1, -0.05) is 12.1 Å². The molecule has 9 heteroatoms. The number of anilines is 1. The number of fused-ring (bicyclic) bond motifs is 1. The average molecular weight is 436 g/mol. The zero-order valence-electron chi connectivity index (χ0n) is 17.9. The minimum atomic E-state index is -0.558. The summed E-state index contributed by atoms with van der Waals surface area (Å²) in [5.74, 6) is -0.341. The number of hydrogen-bond donors (Lipinski definition) is 2. The highest BCUT2D eigenvalue weighted by molar-refractivity contribution is 6.08. The second kappa shape index (κ2) is 8.80. The Labute approximate surface area is 185 Å². The number of hydrogen-bond acceptors (Lipinski definition) is 6. The number of carbonyl (C=O) groups is 4. The average Bonchev–Trinajstić information content (AvgIpc) is 3.22. The van der Waals surface area contributed by atoms with Crippen molar-refractivity contribution in [1.29, 1.82) is 0 Å². The van der Waals surface area contributed by atoms with E-state index >= 15 is 0 Å². The Kier molecular flexibility index (Phi) is 5.91. The van der Waals surface area contributed by atoms with Crippen LogP contribution in [0.3, 0.4) is 0 Å². The molecule has 0 radical (unpaired) electrons. The van der Waals surface area contributed by atoms with E-state index in [0.29, 0.717) is 42.9 Å². The molecule has 32 heavy (non-hydrogen) atoms. The van der Waals surface area contributed by atoms with E-state index in [0.717, 1.165) is 16.0 Å². The van der Waals surface area contributed by atoms with E-state index in [-0.39, 0.29) is 11.8 Å². The molecule has 5 amide bonds. The molecule has 9 nitrogen and oxygen atoms in total. The second-order valence-electron chi connectivity index (χ2n) is 7.84. The normalized spacial score (nSPS) is 18.0. The van der Waals surface area contributed by atoms with E-state index in [9.17, 15) is 19.2 Å². The quantitative estimate of drug-likeness (QED) is 0.711. The van der Waals surface area contributed by atoms with Crippen LogP contribution < -0.4 is 15.4 Å². The van der Waals surface area contributed by atoms with Gasteiger partial charge in [0.15, 0.2) is 0 Å². The number of imide groups is 2. The van der Waals surface area contributed by atoms with E-state index in [2.05, 4.69) is 10.6 Å². The summed E-state index contributed by atoms with van der Waals surface area (Å²) in [6, 6.07) is 11.2. The molecule has 1 atom stereocenters. The molecule has 166 valence electrons. The van der Waals surface area contributed by atoms with Crippen molar-refractivity contribution in [3.63, 3.8) is 0 Å². The first-order valence-electron chi connectivity index (χ1n) is 10.3. The molecule has 0 spiro atoms. The highest BCUT2D eigenvalue weighted by Crippen LogP contribution is 2.30. The Hall–Kier alpha value is -3.72. The molecule has 1 fully saturated rings. The molecular formula is C23H24N4O5. The number of nitrogens with one attached hydrogen (secondary N) is 2. The summed E-state index contributed by atoms with van der Waals surface area (Å²) in [5, 5.41) is 5.08. The number of amides is 5. The van der Waals surface area contributed by atoms with Crippen LogP contribution in [0.4, 0.5) is 10.5 Å². The van der Waals surface area contributed by atoms with Gasteiger partial charge < -0.3 is 10.1 Å². The molecule has 0 aromatic heterocycles. The molecule has 2 aromatic rings. The summed E-state index contributed by atoms with van der Waals surface area (Å²) in [4.78, 5) is 52.5. The third kappa shape index (κ3) is 4.19. The van der Waals surface area contributed by atoms with Crippen molar-refractivity contribution in [3.05, 3.63) is 59.2 Å². The largest absolute Gasteiger partial charge is 0.497 e. The van der Waals surface area contributed by atoms with Crippen LogP contribution in [0.2, 0.25) is 0 Å². The van der Waals surface area contributed by atoms with E-state index in [1.165, 1.54) is 7.05 Å². The number of piperidine rings is 1. The predicted molar refractivity (Wildman–Crippen MR) is 116 cm³/mol. The van der Waals surface area contributed by atoms with Crippen molar-refractivity contribution >= 4 is 29.4 Å². The Balaban J connectivity index is 1.47. The first-order valence-corrected chi connectivity index (χ1v) is 10.3. The molecule has 2 aliphatic heterocycles. The molecule has 4 rings (SSSR count). The van der Waals surface area contributed by atoms with Crippen molar-refractivity contribution in [1.82, 2.24) is 15.1 Å². The zero-order valence-corrected chi connectivity index (χ0v) is 17.9. The Bertz CT molecular complexity index is 1080. The smallest absolute Gasteiger partial charge is 0.328 e. The molecule has 0 bridgehead atoms. The fourth-order valence-electron chi connectivity index (χ4n) is 4.05. The highest BCUT2D eigenvalue weighted by atomic mass is 16.5. The zero-order chi connectivity index (χ0) is 22.8. The molecule has 1 saturated heterocycles. The lowest BCUT2D eigenvalue weighted by molar-refractivity contribution is -0.137. The van der Waals surface area contributed by atoms with E-state index in [4.69, 9.17) is 4.74 Å². The van der Waals surface area contributed by atoms with Crippen LogP contribution in [0.25, 0.3) is 0 Å². The van der Waals surface area contributed by atoms with Gasteiger partial charge in [0.05, 0.1) is 13.2 Å². The van der Waals surface area contributed by atoms with Crippen LogP contribution in [0.15, 0.2) is 42.5 Å². The van der Waals surface area contributed by atoms with Crippen LogP contribution in [0.1, 0.15) is 34.3 Å². The molecule has 0 aliphatic carbocycles. The van der Waals surface area contributed by atoms with Gasteiger partial charge in [-0.25, -0.2) is 4.79 Å². The summed E-state index contributed by atoms with van der Waals surface area (Å²) in [6.45, 7) is 0.905. The topological polar surface area (TPSA) is 108 Å². The third-order valence-electron chi connectivity index (χ3n) is 5.84. The lowest BCUT2D eigenvalue weighted by atomic mass is 10.0. The fourth-order valence-corrected chi connectivity index (χ4v) is 4.05. The van der Waals surface area contributed by atoms with Gasteiger partial charge in [0.1, 0.15) is 5.75 Å². The number of urea groups is 1. The van der Waals surface area contributed by atoms with Crippen molar-refractivity contribution in [2.75, 3.05) is 19.5 Å². The summed E-state index contributed by atoms with van der Waals surface area (Å²) in [6.07, 6.45) is 0.745. The lowest BCUT2D eigenvalue weighted by Crippen LogP contribution is -2.50. The number of benzene rings is 2. The van der Waals surface area contributed by atoms with Gasteiger partial charge in [-0.15, -0.1) is 0 Å². The van der Waals surface area contributed by atoms with Gasteiger partial charge in [0, 0.05) is 37.8 Å². The molecule has 1 unspecified atom stereocenters. The maximum atomic E-state index is 13.1. The van der Waals surface area contributed by atoms with Gasteiger partial charge in [0.2, 0.25) is 11.8 Å². The SMILES string of the molecule is COc1ccc(NC(=O)N(C)C(=O)c2cccc3c2CN(C2CCC(=O)NC2=O)C3)cc1. The van der Waals surface area contributed by atoms with Gasteiger partial charge in [0.25, 0.3) is 5.91 Å². The van der Waals surface area contributed by atoms with Crippen LogP contribution in [-0.2, 0) is 22.7 Å². The first-order chi connectivity index (χ1) is 15.4. The van der Waals surface area contributed by atoms with Crippen molar-refractivity contribution in [2.45, 2.75) is 32.0 Å². The van der Waals surface area contributed by atoms with Crippen LogP contribution in [0.5, 0.6) is 5.75 Å². The number of ether oxygens (including phenoxy) is 1. The van der Waals surface area contributed by atoms with Crippen molar-refractivity contribution in [3.8, 4) is 5.75 Å². The van der Waals surface area contributed by atoms with E-state index in [1.54, 1.807) is 43.5 Å². The Morgan fingerprint density at radius 2 is 1.88 bits per heavy atom. The van der Waals surface area contributed by atoms with Crippen LogP contribution >= 0.6 is 0 Å².